The zero-order valence-corrected chi connectivity index (χ0v) is 17.0. The minimum atomic E-state index is -3.55. The minimum absolute atomic E-state index is 0.130. The number of sulfonamides is 1. The van der Waals surface area contributed by atoms with E-state index in [2.05, 4.69) is 20.0 Å². The molecule has 0 radical (unpaired) electrons. The normalized spacial score (nSPS) is 15.3. The molecule has 1 aliphatic rings. The second kappa shape index (κ2) is 8.52. The molecule has 2 aromatic carbocycles. The average molecular weight is 424 g/mol. The summed E-state index contributed by atoms with van der Waals surface area (Å²) in [6.45, 7) is 0. The molecule has 154 valence electrons. The highest BCUT2D eigenvalue weighted by Crippen LogP contribution is 2.24. The van der Waals surface area contributed by atoms with Gasteiger partial charge in [0.15, 0.2) is 0 Å². The summed E-state index contributed by atoms with van der Waals surface area (Å²) in [5, 5.41) is 3.04. The van der Waals surface area contributed by atoms with E-state index in [0.29, 0.717) is 29.7 Å². The molecule has 9 heteroatoms. The van der Waals surface area contributed by atoms with E-state index in [1.54, 1.807) is 55.8 Å². The molecule has 0 saturated heterocycles. The van der Waals surface area contributed by atoms with Gasteiger partial charge in [-0.25, -0.2) is 18.1 Å². The molecule has 3 aromatic rings. The highest BCUT2D eigenvalue weighted by molar-refractivity contribution is 7.89. The molecule has 8 nitrogen and oxygen atoms in total. The lowest BCUT2D eigenvalue weighted by molar-refractivity contribution is 0.412. The van der Waals surface area contributed by atoms with Crippen LogP contribution in [-0.4, -0.2) is 31.5 Å². The van der Waals surface area contributed by atoms with Gasteiger partial charge in [-0.1, -0.05) is 12.2 Å². The predicted octanol–water partition coefficient (Wildman–Crippen LogP) is 3.63. The molecule has 0 saturated carbocycles. The Morgan fingerprint density at radius 2 is 1.70 bits per heavy atom. The van der Waals surface area contributed by atoms with Gasteiger partial charge in [-0.15, -0.1) is 0 Å². The van der Waals surface area contributed by atoms with Crippen LogP contribution in [0.2, 0.25) is 0 Å². The van der Waals surface area contributed by atoms with Crippen molar-refractivity contribution in [2.75, 3.05) is 12.4 Å². The van der Waals surface area contributed by atoms with E-state index in [-0.39, 0.29) is 10.9 Å². The second-order valence-electron chi connectivity index (χ2n) is 6.54. The van der Waals surface area contributed by atoms with Gasteiger partial charge in [-0.3, -0.25) is 0 Å². The Morgan fingerprint density at radius 3 is 2.33 bits per heavy atom. The van der Waals surface area contributed by atoms with Gasteiger partial charge in [0.05, 0.1) is 12.0 Å². The monoisotopic (exact) mass is 424 g/mol. The van der Waals surface area contributed by atoms with Crippen molar-refractivity contribution in [1.82, 2.24) is 14.7 Å². The summed E-state index contributed by atoms with van der Waals surface area (Å²) in [6, 6.07) is 15.0. The molecule has 0 bridgehead atoms. The lowest BCUT2D eigenvalue weighted by Crippen LogP contribution is -2.35. The van der Waals surface area contributed by atoms with Crippen molar-refractivity contribution in [1.29, 1.82) is 0 Å². The van der Waals surface area contributed by atoms with Crippen LogP contribution in [-0.2, 0) is 10.0 Å². The van der Waals surface area contributed by atoms with Gasteiger partial charge in [0.1, 0.15) is 11.5 Å². The Labute approximate surface area is 174 Å². The van der Waals surface area contributed by atoms with E-state index in [0.717, 1.165) is 5.75 Å². The predicted molar refractivity (Wildman–Crippen MR) is 113 cm³/mol. The fourth-order valence-corrected chi connectivity index (χ4v) is 3.90. The summed E-state index contributed by atoms with van der Waals surface area (Å²) < 4.78 is 38.2. The first-order chi connectivity index (χ1) is 14.5. The number of hydrogen-bond donors (Lipinski definition) is 2. The lowest BCUT2D eigenvalue weighted by atomic mass is 10.1. The Kier molecular flexibility index (Phi) is 5.64. The zero-order chi connectivity index (χ0) is 21.0. The molecular weight excluding hydrogens is 404 g/mol. The molecule has 0 spiro atoms. The van der Waals surface area contributed by atoms with Crippen LogP contribution < -0.4 is 19.5 Å². The standard InChI is InChI=1S/C21H20N4O4S/c1-28-17-7-9-18(10-8-17)29-20-13-14-22-21(24-20)23-15-5-11-19(12-6-15)30(26,27)25-16-3-2-4-16/h2-3,5-14,16,25H,4H2,1H3,(H,22,23,24). The number of benzene rings is 2. The quantitative estimate of drug-likeness (QED) is 0.532. The van der Waals surface area contributed by atoms with Crippen LogP contribution >= 0.6 is 0 Å². The maximum Gasteiger partial charge on any atom is 0.241 e. The Bertz CT molecular complexity index is 1150. The first kappa shape index (κ1) is 19.9. The summed E-state index contributed by atoms with van der Waals surface area (Å²) in [7, 11) is -1.95. The number of hydrogen-bond acceptors (Lipinski definition) is 7. The molecular formula is C21H20N4O4S. The largest absolute Gasteiger partial charge is 0.497 e. The van der Waals surface area contributed by atoms with Gasteiger partial charge in [-0.05, 0) is 55.0 Å². The number of rotatable bonds is 8. The molecule has 1 unspecified atom stereocenters. The third-order valence-electron chi connectivity index (χ3n) is 4.40. The summed E-state index contributed by atoms with van der Waals surface area (Å²) >= 11 is 0. The molecule has 0 amide bonds. The lowest BCUT2D eigenvalue weighted by Gasteiger charge is -2.19. The molecule has 2 N–H and O–H groups in total. The van der Waals surface area contributed by atoms with Crippen LogP contribution in [0.1, 0.15) is 6.42 Å². The summed E-state index contributed by atoms with van der Waals surface area (Å²) in [4.78, 5) is 8.69. The van der Waals surface area contributed by atoms with E-state index in [4.69, 9.17) is 9.47 Å². The molecule has 1 heterocycles. The number of nitrogens with zero attached hydrogens (tertiary/aromatic N) is 2. The topological polar surface area (TPSA) is 102 Å². The van der Waals surface area contributed by atoms with Crippen molar-refractivity contribution in [3.8, 4) is 17.4 Å². The maximum atomic E-state index is 12.3. The third-order valence-corrected chi connectivity index (χ3v) is 5.90. The van der Waals surface area contributed by atoms with Crippen molar-refractivity contribution in [2.45, 2.75) is 17.4 Å². The number of aromatic nitrogens is 2. The highest BCUT2D eigenvalue weighted by Gasteiger charge is 2.20. The molecule has 30 heavy (non-hydrogen) atoms. The fourth-order valence-electron chi connectivity index (χ4n) is 2.70. The average Bonchev–Trinajstić information content (AvgIpc) is 2.72. The Hall–Kier alpha value is -3.43. The smallest absolute Gasteiger partial charge is 0.241 e. The summed E-state index contributed by atoms with van der Waals surface area (Å²) in [5.74, 6) is 2.05. The van der Waals surface area contributed by atoms with Crippen molar-refractivity contribution >= 4 is 21.7 Å². The van der Waals surface area contributed by atoms with E-state index in [1.807, 2.05) is 12.2 Å². The maximum absolute atomic E-state index is 12.3. The van der Waals surface area contributed by atoms with E-state index >= 15 is 0 Å². The molecule has 0 aliphatic heterocycles. The van der Waals surface area contributed by atoms with Crippen molar-refractivity contribution in [3.63, 3.8) is 0 Å². The van der Waals surface area contributed by atoms with E-state index in [9.17, 15) is 8.42 Å². The van der Waals surface area contributed by atoms with Crippen LogP contribution in [0.5, 0.6) is 17.4 Å². The Morgan fingerprint density at radius 1 is 1.00 bits per heavy atom. The van der Waals surface area contributed by atoms with Gasteiger partial charge < -0.3 is 14.8 Å². The molecule has 1 aromatic heterocycles. The van der Waals surface area contributed by atoms with Crippen LogP contribution in [0.15, 0.2) is 77.8 Å². The van der Waals surface area contributed by atoms with Gasteiger partial charge in [0.25, 0.3) is 0 Å². The number of methoxy groups -OCH3 is 1. The van der Waals surface area contributed by atoms with E-state index in [1.165, 1.54) is 12.1 Å². The Balaban J connectivity index is 1.42. The van der Waals surface area contributed by atoms with Crippen molar-refractivity contribution in [3.05, 3.63) is 72.9 Å². The molecule has 1 aliphatic carbocycles. The first-order valence-corrected chi connectivity index (χ1v) is 10.7. The van der Waals surface area contributed by atoms with Crippen molar-refractivity contribution in [2.24, 2.45) is 0 Å². The third kappa shape index (κ3) is 4.76. The van der Waals surface area contributed by atoms with Crippen LogP contribution in [0.4, 0.5) is 11.6 Å². The van der Waals surface area contributed by atoms with Crippen LogP contribution in [0, 0.1) is 0 Å². The van der Waals surface area contributed by atoms with Crippen molar-refractivity contribution < 1.29 is 17.9 Å². The molecule has 4 rings (SSSR count). The van der Waals surface area contributed by atoms with Crippen LogP contribution in [0.3, 0.4) is 0 Å². The van der Waals surface area contributed by atoms with Gasteiger partial charge in [0.2, 0.25) is 21.9 Å². The molecule has 1 atom stereocenters. The van der Waals surface area contributed by atoms with E-state index < -0.39 is 10.0 Å². The number of anilines is 2. The van der Waals surface area contributed by atoms with Crippen LogP contribution in [0.25, 0.3) is 0 Å². The van der Waals surface area contributed by atoms with Gasteiger partial charge >= 0.3 is 0 Å². The molecule has 0 fully saturated rings. The number of nitrogens with one attached hydrogen (secondary N) is 2. The SMILES string of the molecule is COc1ccc(Oc2ccnc(Nc3ccc(S(=O)(=O)NC4C=CC4)cc3)n2)cc1. The number of ether oxygens (including phenoxy) is 2. The van der Waals surface area contributed by atoms with Gasteiger partial charge in [-0.2, -0.15) is 4.98 Å². The second-order valence-corrected chi connectivity index (χ2v) is 8.25. The minimum Gasteiger partial charge on any atom is -0.497 e. The fraction of sp³-hybridized carbons (Fsp3) is 0.143. The van der Waals surface area contributed by atoms with Gasteiger partial charge in [0, 0.05) is 24.0 Å². The summed E-state index contributed by atoms with van der Waals surface area (Å²) in [6.07, 6.45) is 6.03. The highest BCUT2D eigenvalue weighted by atomic mass is 32.2. The first-order valence-electron chi connectivity index (χ1n) is 9.23. The summed E-state index contributed by atoms with van der Waals surface area (Å²) in [5.41, 5.74) is 0.652. The zero-order valence-electron chi connectivity index (χ0n) is 16.1.